The van der Waals surface area contributed by atoms with Crippen LogP contribution < -0.4 is 5.32 Å². The lowest BCUT2D eigenvalue weighted by Crippen LogP contribution is -2.61. The van der Waals surface area contributed by atoms with Crippen LogP contribution in [0.2, 0.25) is 0 Å². The van der Waals surface area contributed by atoms with Crippen LogP contribution in [-0.2, 0) is 28.5 Å². The highest BCUT2D eigenvalue weighted by atomic mass is 16.7. The SMILES string of the molecule is C#CCCO[C@@H]1O[C@H](COC2(C(=O)O)CCC(NC(=O)CO)CO2)[C@H](O)[C@H](O)[C@H]1O. The first-order chi connectivity index (χ1) is 14.2. The first-order valence-corrected chi connectivity index (χ1v) is 9.40. The third-order valence-electron chi connectivity index (χ3n) is 4.85. The number of carboxylic acids is 1. The van der Waals surface area contributed by atoms with Crippen LogP contribution in [0.3, 0.4) is 0 Å². The van der Waals surface area contributed by atoms with Gasteiger partial charge >= 0.3 is 5.97 Å². The van der Waals surface area contributed by atoms with Gasteiger partial charge in [-0.25, -0.2) is 4.79 Å². The van der Waals surface area contributed by atoms with Crippen molar-refractivity contribution in [2.75, 3.05) is 26.4 Å². The molecule has 1 amide bonds. The second-order valence-electron chi connectivity index (χ2n) is 6.98. The number of aliphatic hydroxyl groups excluding tert-OH is 4. The van der Waals surface area contributed by atoms with E-state index >= 15 is 0 Å². The lowest BCUT2D eigenvalue weighted by molar-refractivity contribution is -0.320. The molecule has 0 radical (unpaired) electrons. The van der Waals surface area contributed by atoms with E-state index in [4.69, 9.17) is 30.5 Å². The molecule has 2 aliphatic heterocycles. The van der Waals surface area contributed by atoms with Crippen molar-refractivity contribution in [3.05, 3.63) is 0 Å². The summed E-state index contributed by atoms with van der Waals surface area (Å²) in [6.07, 6.45) is -1.81. The number of hydrogen-bond acceptors (Lipinski definition) is 10. The molecule has 12 heteroatoms. The molecule has 170 valence electrons. The van der Waals surface area contributed by atoms with Gasteiger partial charge in [-0.3, -0.25) is 4.79 Å². The van der Waals surface area contributed by atoms with E-state index in [0.717, 1.165) is 0 Å². The predicted octanol–water partition coefficient (Wildman–Crippen LogP) is -3.08. The first kappa shape index (κ1) is 24.4. The fourth-order valence-electron chi connectivity index (χ4n) is 3.13. The van der Waals surface area contributed by atoms with Crippen LogP contribution in [0.5, 0.6) is 0 Å². The molecule has 2 unspecified atom stereocenters. The predicted molar refractivity (Wildman–Crippen MR) is 96.6 cm³/mol. The molecule has 30 heavy (non-hydrogen) atoms. The molecule has 7 atom stereocenters. The molecule has 0 aromatic rings. The number of rotatable bonds is 9. The van der Waals surface area contributed by atoms with Gasteiger partial charge in [-0.1, -0.05) is 0 Å². The minimum atomic E-state index is -2.05. The third-order valence-corrected chi connectivity index (χ3v) is 4.85. The number of amides is 1. The zero-order chi connectivity index (χ0) is 22.3. The highest BCUT2D eigenvalue weighted by Gasteiger charge is 2.49. The van der Waals surface area contributed by atoms with Crippen molar-refractivity contribution < 1.29 is 54.1 Å². The molecule has 2 fully saturated rings. The third kappa shape index (κ3) is 5.87. The molecular formula is C18H27NO11. The summed E-state index contributed by atoms with van der Waals surface area (Å²) in [6, 6.07) is -0.497. The smallest absolute Gasteiger partial charge is 0.364 e. The number of aliphatic hydroxyl groups is 4. The van der Waals surface area contributed by atoms with Gasteiger partial charge in [0.05, 0.1) is 25.9 Å². The second-order valence-corrected chi connectivity index (χ2v) is 6.98. The summed E-state index contributed by atoms with van der Waals surface area (Å²) in [5, 5.41) is 51.0. The molecule has 0 saturated carbocycles. The fraction of sp³-hybridized carbons (Fsp3) is 0.778. The van der Waals surface area contributed by atoms with Crippen molar-refractivity contribution in [3.8, 4) is 12.3 Å². The van der Waals surface area contributed by atoms with E-state index in [2.05, 4.69) is 11.2 Å². The van der Waals surface area contributed by atoms with Crippen LogP contribution in [0, 0.1) is 12.3 Å². The number of ether oxygens (including phenoxy) is 4. The van der Waals surface area contributed by atoms with Gasteiger partial charge in [0.15, 0.2) is 6.29 Å². The van der Waals surface area contributed by atoms with Crippen LogP contribution in [0.1, 0.15) is 19.3 Å². The Morgan fingerprint density at radius 3 is 2.53 bits per heavy atom. The van der Waals surface area contributed by atoms with Gasteiger partial charge in [-0.2, -0.15) is 0 Å². The number of aliphatic carboxylic acids is 1. The standard InChI is InChI=1S/C18H27NO11/c1-2-3-6-27-16-15(24)14(23)13(22)11(30-16)9-29-18(17(25)26)5-4-10(8-28-18)19-12(21)7-20/h1,10-11,13-16,20,22-24H,3-9H2,(H,19,21)(H,25,26)/t10?,11-,13+,14+,15-,16-,18?/m1/s1. The normalized spacial score (nSPS) is 36.6. The Labute approximate surface area is 172 Å². The zero-order valence-corrected chi connectivity index (χ0v) is 16.2. The minimum absolute atomic E-state index is 0.0394. The van der Waals surface area contributed by atoms with Crippen molar-refractivity contribution in [1.29, 1.82) is 0 Å². The van der Waals surface area contributed by atoms with Crippen molar-refractivity contribution in [1.82, 2.24) is 5.32 Å². The van der Waals surface area contributed by atoms with Crippen LogP contribution in [0.25, 0.3) is 0 Å². The largest absolute Gasteiger partial charge is 0.477 e. The second kappa shape index (κ2) is 11.0. The van der Waals surface area contributed by atoms with Crippen molar-refractivity contribution >= 4 is 11.9 Å². The summed E-state index contributed by atoms with van der Waals surface area (Å²) in [6.45, 7) is -1.32. The zero-order valence-electron chi connectivity index (χ0n) is 16.2. The number of terminal acetylenes is 1. The van der Waals surface area contributed by atoms with E-state index in [9.17, 15) is 30.0 Å². The summed E-state index contributed by atoms with van der Waals surface area (Å²) in [5.41, 5.74) is 0. The molecule has 0 aromatic heterocycles. The Hall–Kier alpha value is -1.82. The van der Waals surface area contributed by atoms with Gasteiger partial charge in [-0.15, -0.1) is 12.3 Å². The Morgan fingerprint density at radius 1 is 1.23 bits per heavy atom. The maximum atomic E-state index is 11.8. The number of carbonyl (C=O) groups excluding carboxylic acids is 1. The van der Waals surface area contributed by atoms with Gasteiger partial charge in [-0.05, 0) is 6.42 Å². The van der Waals surface area contributed by atoms with Gasteiger partial charge < -0.3 is 49.8 Å². The molecule has 2 heterocycles. The lowest BCUT2D eigenvalue weighted by Gasteiger charge is -2.42. The Kier molecular flexibility index (Phi) is 8.95. The van der Waals surface area contributed by atoms with Gasteiger partial charge in [0.2, 0.25) is 5.91 Å². The van der Waals surface area contributed by atoms with Gasteiger partial charge in [0.25, 0.3) is 5.79 Å². The van der Waals surface area contributed by atoms with E-state index in [1.165, 1.54) is 0 Å². The monoisotopic (exact) mass is 433 g/mol. The van der Waals surface area contributed by atoms with E-state index in [1.54, 1.807) is 0 Å². The lowest BCUT2D eigenvalue weighted by atomic mass is 9.98. The number of carboxylic acid groups (broad SMARTS) is 1. The van der Waals surface area contributed by atoms with Crippen LogP contribution in [-0.4, -0.2) is 106 Å². The fourth-order valence-corrected chi connectivity index (χ4v) is 3.13. The molecule has 0 spiro atoms. The van der Waals surface area contributed by atoms with E-state index < -0.39 is 67.6 Å². The van der Waals surface area contributed by atoms with Crippen LogP contribution >= 0.6 is 0 Å². The Morgan fingerprint density at radius 2 is 1.97 bits per heavy atom. The van der Waals surface area contributed by atoms with E-state index in [0.29, 0.717) is 0 Å². The highest BCUT2D eigenvalue weighted by Crippen LogP contribution is 2.29. The Balaban J connectivity index is 1.97. The summed E-state index contributed by atoms with van der Waals surface area (Å²) in [5.74, 6) is -1.74. The molecule has 0 aromatic carbocycles. The summed E-state index contributed by atoms with van der Waals surface area (Å²) in [7, 11) is 0. The van der Waals surface area contributed by atoms with Crippen LogP contribution in [0.15, 0.2) is 0 Å². The summed E-state index contributed by atoms with van der Waals surface area (Å²) >= 11 is 0. The van der Waals surface area contributed by atoms with Gasteiger partial charge in [0.1, 0.15) is 31.0 Å². The number of nitrogens with one attached hydrogen (secondary N) is 1. The van der Waals surface area contributed by atoms with Crippen LogP contribution in [0.4, 0.5) is 0 Å². The number of hydrogen-bond donors (Lipinski definition) is 6. The maximum absolute atomic E-state index is 11.8. The topological polar surface area (TPSA) is 184 Å². The van der Waals surface area contributed by atoms with Crippen molar-refractivity contribution in [3.63, 3.8) is 0 Å². The molecule has 0 aliphatic carbocycles. The minimum Gasteiger partial charge on any atom is -0.477 e. The molecule has 2 saturated heterocycles. The quantitative estimate of drug-likeness (QED) is 0.160. The van der Waals surface area contributed by atoms with Crippen molar-refractivity contribution in [2.24, 2.45) is 0 Å². The summed E-state index contributed by atoms with van der Waals surface area (Å²) < 4.78 is 21.5. The molecule has 12 nitrogen and oxygen atoms in total. The molecular weight excluding hydrogens is 406 g/mol. The maximum Gasteiger partial charge on any atom is 0.364 e. The molecule has 6 N–H and O–H groups in total. The molecule has 2 rings (SSSR count). The highest BCUT2D eigenvalue weighted by molar-refractivity contribution is 5.77. The molecule has 2 aliphatic rings. The average molecular weight is 433 g/mol. The summed E-state index contributed by atoms with van der Waals surface area (Å²) in [4.78, 5) is 23.0. The average Bonchev–Trinajstić information content (AvgIpc) is 2.74. The Bertz CT molecular complexity index is 628. The first-order valence-electron chi connectivity index (χ1n) is 9.40. The van der Waals surface area contributed by atoms with Gasteiger partial charge in [0, 0.05) is 12.8 Å². The van der Waals surface area contributed by atoms with E-state index in [-0.39, 0.29) is 32.5 Å². The van der Waals surface area contributed by atoms with Crippen molar-refractivity contribution in [2.45, 2.75) is 61.8 Å². The van der Waals surface area contributed by atoms with E-state index in [1.807, 2.05) is 0 Å². The number of carbonyl (C=O) groups is 2. The molecule has 0 bridgehead atoms.